The third-order valence-electron chi connectivity index (χ3n) is 7.03. The minimum absolute atomic E-state index is 0.148. The summed E-state index contributed by atoms with van der Waals surface area (Å²) in [6.07, 6.45) is 1.67. The molecular formula is C27H31F3N6O3. The summed E-state index contributed by atoms with van der Waals surface area (Å²) < 4.78 is 49.8. The predicted octanol–water partition coefficient (Wildman–Crippen LogP) is 4.62. The van der Waals surface area contributed by atoms with E-state index >= 15 is 0 Å². The Kier molecular flexibility index (Phi) is 7.62. The number of halogens is 3. The van der Waals surface area contributed by atoms with Gasteiger partial charge in [0, 0.05) is 19.2 Å². The molecule has 5 rings (SSSR count). The summed E-state index contributed by atoms with van der Waals surface area (Å²) in [6.45, 7) is 1.62. The summed E-state index contributed by atoms with van der Waals surface area (Å²) in [5, 5.41) is 11.2. The highest BCUT2D eigenvalue weighted by Gasteiger charge is 2.34. The maximum Gasteiger partial charge on any atom is 0.422 e. The standard InChI is InChI=1S/C27H31F3N6O3/c1-3-17-12-18(39-15-27(28,29)30)6-7-19(17)20-13-21-24(25(37)33-20)22(36(35-21)11-9-16-4-5-16)14-32-23-8-10-31-26(34-23)38-2/h6-8,10,12,16,20H,3-5,9,11,13-15H2,1-2H3,(H,33,37)(H,31,32,34)/t20-/m1/s1. The maximum atomic E-state index is 13.5. The molecule has 2 aromatic heterocycles. The highest BCUT2D eigenvalue weighted by Crippen LogP contribution is 2.35. The van der Waals surface area contributed by atoms with Crippen LogP contribution in [0.1, 0.15) is 65.1 Å². The molecule has 1 aliphatic carbocycles. The fraction of sp³-hybridized carbons (Fsp3) is 0.481. The number of anilines is 1. The van der Waals surface area contributed by atoms with Crippen LogP contribution in [-0.4, -0.2) is 45.5 Å². The van der Waals surface area contributed by atoms with Gasteiger partial charge in [0.25, 0.3) is 5.91 Å². The second-order valence-electron chi connectivity index (χ2n) is 9.85. The van der Waals surface area contributed by atoms with E-state index in [1.54, 1.807) is 24.4 Å². The maximum absolute atomic E-state index is 13.5. The average Bonchev–Trinajstić information content (AvgIpc) is 3.68. The number of amides is 1. The van der Waals surface area contributed by atoms with Crippen molar-refractivity contribution in [2.45, 2.75) is 64.3 Å². The molecule has 3 heterocycles. The quantitative estimate of drug-likeness (QED) is 0.363. The van der Waals surface area contributed by atoms with Crippen LogP contribution in [0.3, 0.4) is 0 Å². The van der Waals surface area contributed by atoms with Gasteiger partial charge in [0.15, 0.2) is 6.61 Å². The van der Waals surface area contributed by atoms with Crippen molar-refractivity contribution in [1.82, 2.24) is 25.1 Å². The zero-order valence-electron chi connectivity index (χ0n) is 21.8. The largest absolute Gasteiger partial charge is 0.484 e. The van der Waals surface area contributed by atoms with Crippen molar-refractivity contribution < 1.29 is 27.4 Å². The van der Waals surface area contributed by atoms with Crippen LogP contribution in [0.2, 0.25) is 0 Å². The molecule has 1 aliphatic heterocycles. The van der Waals surface area contributed by atoms with E-state index in [1.165, 1.54) is 26.0 Å². The van der Waals surface area contributed by atoms with Gasteiger partial charge in [-0.1, -0.05) is 25.8 Å². The van der Waals surface area contributed by atoms with Gasteiger partial charge >= 0.3 is 12.2 Å². The number of ether oxygens (including phenoxy) is 2. The first kappa shape index (κ1) is 26.8. The number of carbonyl (C=O) groups is 1. The number of aryl methyl sites for hydroxylation is 2. The number of methoxy groups -OCH3 is 1. The molecule has 0 radical (unpaired) electrons. The Bertz CT molecular complexity index is 1340. The Morgan fingerprint density at radius 2 is 2.05 bits per heavy atom. The van der Waals surface area contributed by atoms with Crippen LogP contribution in [-0.2, 0) is 25.9 Å². The lowest BCUT2D eigenvalue weighted by molar-refractivity contribution is -0.153. The monoisotopic (exact) mass is 544 g/mol. The summed E-state index contributed by atoms with van der Waals surface area (Å²) >= 11 is 0. The van der Waals surface area contributed by atoms with Crippen LogP contribution in [0.4, 0.5) is 19.0 Å². The fourth-order valence-electron chi connectivity index (χ4n) is 4.89. The number of alkyl halides is 3. The summed E-state index contributed by atoms with van der Waals surface area (Å²) in [4.78, 5) is 21.8. The van der Waals surface area contributed by atoms with Gasteiger partial charge in [-0.3, -0.25) is 9.48 Å². The van der Waals surface area contributed by atoms with Crippen molar-refractivity contribution in [3.8, 4) is 11.8 Å². The molecular weight excluding hydrogens is 513 g/mol. The molecule has 1 amide bonds. The zero-order valence-corrected chi connectivity index (χ0v) is 21.8. The Balaban J connectivity index is 1.39. The molecule has 208 valence electrons. The van der Waals surface area contributed by atoms with E-state index in [2.05, 4.69) is 20.6 Å². The van der Waals surface area contributed by atoms with Crippen LogP contribution in [0.25, 0.3) is 0 Å². The number of fused-ring (bicyclic) bond motifs is 1. The van der Waals surface area contributed by atoms with E-state index in [0.717, 1.165) is 23.2 Å². The van der Waals surface area contributed by atoms with Gasteiger partial charge < -0.3 is 20.1 Å². The molecule has 0 spiro atoms. The minimum Gasteiger partial charge on any atom is -0.484 e. The van der Waals surface area contributed by atoms with Gasteiger partial charge in [-0.15, -0.1) is 0 Å². The summed E-state index contributed by atoms with van der Waals surface area (Å²) in [5.74, 6) is 1.19. The van der Waals surface area contributed by atoms with Crippen molar-refractivity contribution in [2.75, 3.05) is 19.0 Å². The number of carbonyl (C=O) groups excluding carboxylic acids is 1. The summed E-state index contributed by atoms with van der Waals surface area (Å²) in [7, 11) is 1.50. The van der Waals surface area contributed by atoms with Crippen LogP contribution in [0.15, 0.2) is 30.5 Å². The molecule has 1 atom stereocenters. The topological polar surface area (TPSA) is 103 Å². The Labute approximate surface area is 224 Å². The molecule has 1 fully saturated rings. The van der Waals surface area contributed by atoms with Crippen molar-refractivity contribution >= 4 is 11.7 Å². The zero-order chi connectivity index (χ0) is 27.6. The fourth-order valence-corrected chi connectivity index (χ4v) is 4.89. The van der Waals surface area contributed by atoms with Crippen LogP contribution < -0.4 is 20.1 Å². The lowest BCUT2D eigenvalue weighted by Gasteiger charge is -2.26. The van der Waals surface area contributed by atoms with Gasteiger partial charge in [-0.2, -0.15) is 23.3 Å². The SMILES string of the molecule is CCc1cc(OCC(F)(F)F)ccc1[C@H]1Cc2nn(CCC3CC3)c(CNc3ccnc(OC)n3)c2C(=O)N1. The van der Waals surface area contributed by atoms with Gasteiger partial charge in [0.2, 0.25) is 0 Å². The average molecular weight is 545 g/mol. The molecule has 0 saturated heterocycles. The Hall–Kier alpha value is -3.83. The van der Waals surface area contributed by atoms with Gasteiger partial charge in [0.05, 0.1) is 36.6 Å². The minimum atomic E-state index is -4.41. The second-order valence-corrected chi connectivity index (χ2v) is 9.85. The normalized spacial score (nSPS) is 16.9. The number of nitrogens with one attached hydrogen (secondary N) is 2. The second kappa shape index (κ2) is 11.1. The third kappa shape index (κ3) is 6.43. The molecule has 2 aliphatic rings. The molecule has 2 N–H and O–H groups in total. The molecule has 9 nitrogen and oxygen atoms in total. The molecule has 0 bridgehead atoms. The van der Waals surface area contributed by atoms with Crippen molar-refractivity contribution in [3.05, 3.63) is 58.5 Å². The van der Waals surface area contributed by atoms with E-state index in [0.29, 0.717) is 48.9 Å². The Morgan fingerprint density at radius 3 is 2.77 bits per heavy atom. The number of benzene rings is 1. The predicted molar refractivity (Wildman–Crippen MR) is 137 cm³/mol. The van der Waals surface area contributed by atoms with Crippen LogP contribution in [0.5, 0.6) is 11.8 Å². The molecule has 12 heteroatoms. The van der Waals surface area contributed by atoms with E-state index in [1.807, 2.05) is 11.6 Å². The number of hydrogen-bond acceptors (Lipinski definition) is 7. The first-order valence-electron chi connectivity index (χ1n) is 13.1. The molecule has 39 heavy (non-hydrogen) atoms. The van der Waals surface area contributed by atoms with E-state index in [-0.39, 0.29) is 23.7 Å². The number of aromatic nitrogens is 4. The molecule has 3 aromatic rings. The number of rotatable bonds is 11. The van der Waals surface area contributed by atoms with E-state index in [9.17, 15) is 18.0 Å². The lowest BCUT2D eigenvalue weighted by Crippen LogP contribution is -2.36. The molecule has 1 saturated carbocycles. The lowest BCUT2D eigenvalue weighted by atomic mass is 9.91. The van der Waals surface area contributed by atoms with Gasteiger partial charge in [-0.25, -0.2) is 4.98 Å². The van der Waals surface area contributed by atoms with E-state index < -0.39 is 12.8 Å². The number of nitrogens with zero attached hydrogens (tertiary/aromatic N) is 4. The first-order chi connectivity index (χ1) is 18.7. The van der Waals surface area contributed by atoms with Crippen molar-refractivity contribution in [1.29, 1.82) is 0 Å². The molecule has 0 unspecified atom stereocenters. The van der Waals surface area contributed by atoms with Crippen molar-refractivity contribution in [2.24, 2.45) is 5.92 Å². The Morgan fingerprint density at radius 1 is 1.23 bits per heavy atom. The van der Waals surface area contributed by atoms with Crippen molar-refractivity contribution in [3.63, 3.8) is 0 Å². The van der Waals surface area contributed by atoms with Crippen LogP contribution >= 0.6 is 0 Å². The smallest absolute Gasteiger partial charge is 0.422 e. The van der Waals surface area contributed by atoms with Crippen LogP contribution in [0, 0.1) is 5.92 Å². The van der Waals surface area contributed by atoms with Gasteiger partial charge in [0.1, 0.15) is 11.6 Å². The highest BCUT2D eigenvalue weighted by atomic mass is 19.4. The number of hydrogen-bond donors (Lipinski definition) is 2. The summed E-state index contributed by atoms with van der Waals surface area (Å²) in [6, 6.07) is 6.48. The molecule has 1 aromatic carbocycles. The summed E-state index contributed by atoms with van der Waals surface area (Å²) in [5.41, 5.74) is 3.70. The first-order valence-corrected chi connectivity index (χ1v) is 13.1. The van der Waals surface area contributed by atoms with E-state index in [4.69, 9.17) is 14.6 Å². The third-order valence-corrected chi connectivity index (χ3v) is 7.03. The highest BCUT2D eigenvalue weighted by molar-refractivity contribution is 5.98. The van der Waals surface area contributed by atoms with Gasteiger partial charge in [-0.05, 0) is 48.1 Å².